The Labute approximate surface area is 112 Å². The van der Waals surface area contributed by atoms with E-state index in [-0.39, 0.29) is 6.79 Å². The first-order valence-corrected chi connectivity index (χ1v) is 6.03. The number of ether oxygens (including phenoxy) is 3. The molecule has 2 aromatic carbocycles. The van der Waals surface area contributed by atoms with Crippen molar-refractivity contribution in [2.75, 3.05) is 13.9 Å². The maximum atomic E-state index is 5.44. The predicted molar refractivity (Wildman–Crippen MR) is 74.6 cm³/mol. The molecule has 0 atom stereocenters. The summed E-state index contributed by atoms with van der Waals surface area (Å²) in [5, 5.41) is 0. The predicted octanol–water partition coefficient (Wildman–Crippen LogP) is 3.73. The van der Waals surface area contributed by atoms with E-state index in [1.54, 1.807) is 7.11 Å². The third-order valence-electron chi connectivity index (χ3n) is 3.16. The van der Waals surface area contributed by atoms with Crippen LogP contribution < -0.4 is 14.2 Å². The molecule has 0 bridgehead atoms. The molecule has 0 fully saturated rings. The second-order valence-corrected chi connectivity index (χ2v) is 4.20. The average Bonchev–Trinajstić information content (AvgIpc) is 2.93. The molecule has 1 aliphatic rings. The molecule has 1 heterocycles. The number of fused-ring (bicyclic) bond motifs is 1. The maximum absolute atomic E-state index is 5.44. The van der Waals surface area contributed by atoms with Gasteiger partial charge in [0.25, 0.3) is 0 Å². The number of rotatable bonds is 3. The molecule has 0 saturated heterocycles. The van der Waals surface area contributed by atoms with Gasteiger partial charge in [0.05, 0.1) is 7.11 Å². The Morgan fingerprint density at radius 1 is 1.16 bits per heavy atom. The number of methoxy groups -OCH3 is 1. The van der Waals surface area contributed by atoms with Gasteiger partial charge < -0.3 is 14.2 Å². The van der Waals surface area contributed by atoms with E-state index in [0.29, 0.717) is 0 Å². The third-order valence-corrected chi connectivity index (χ3v) is 3.16. The largest absolute Gasteiger partial charge is 0.496 e. The molecule has 0 N–H and O–H groups in total. The summed E-state index contributed by atoms with van der Waals surface area (Å²) in [6, 6.07) is 11.8. The van der Waals surface area contributed by atoms with Gasteiger partial charge in [-0.2, -0.15) is 0 Å². The third kappa shape index (κ3) is 1.93. The van der Waals surface area contributed by atoms with E-state index in [9.17, 15) is 0 Å². The normalized spacial score (nSPS) is 12.3. The number of hydrogen-bond acceptors (Lipinski definition) is 3. The molecule has 1 aliphatic heterocycles. The number of benzene rings is 2. The lowest BCUT2D eigenvalue weighted by Crippen LogP contribution is -1.93. The lowest BCUT2D eigenvalue weighted by Gasteiger charge is -2.12. The summed E-state index contributed by atoms with van der Waals surface area (Å²) in [5.74, 6) is 2.36. The molecule has 3 nitrogen and oxygen atoms in total. The zero-order valence-corrected chi connectivity index (χ0v) is 10.7. The highest BCUT2D eigenvalue weighted by molar-refractivity contribution is 5.81. The van der Waals surface area contributed by atoms with Crippen LogP contribution in [-0.2, 0) is 0 Å². The highest BCUT2D eigenvalue weighted by Crippen LogP contribution is 2.40. The van der Waals surface area contributed by atoms with Crippen LogP contribution in [0.1, 0.15) is 5.56 Å². The molecule has 96 valence electrons. The van der Waals surface area contributed by atoms with Gasteiger partial charge in [-0.15, -0.1) is 0 Å². The van der Waals surface area contributed by atoms with Gasteiger partial charge in [-0.05, 0) is 29.3 Å². The van der Waals surface area contributed by atoms with Crippen molar-refractivity contribution in [2.24, 2.45) is 0 Å². The van der Waals surface area contributed by atoms with Crippen LogP contribution in [0.3, 0.4) is 0 Å². The number of hydrogen-bond donors (Lipinski definition) is 0. The molecular formula is C16H14O3. The summed E-state index contributed by atoms with van der Waals surface area (Å²) >= 11 is 0. The van der Waals surface area contributed by atoms with E-state index < -0.39 is 0 Å². The molecule has 19 heavy (non-hydrogen) atoms. The van der Waals surface area contributed by atoms with E-state index in [1.165, 1.54) is 0 Å². The summed E-state index contributed by atoms with van der Waals surface area (Å²) in [6.45, 7) is 4.13. The molecule has 0 unspecified atom stereocenters. The zero-order chi connectivity index (χ0) is 13.2. The fourth-order valence-electron chi connectivity index (χ4n) is 2.25. The van der Waals surface area contributed by atoms with E-state index in [4.69, 9.17) is 14.2 Å². The molecule has 0 saturated carbocycles. The van der Waals surface area contributed by atoms with Gasteiger partial charge >= 0.3 is 0 Å². The summed E-state index contributed by atoms with van der Waals surface area (Å²) < 4.78 is 16.2. The van der Waals surface area contributed by atoms with Crippen LogP contribution in [0.4, 0.5) is 0 Å². The van der Waals surface area contributed by atoms with Gasteiger partial charge in [0, 0.05) is 5.56 Å². The topological polar surface area (TPSA) is 27.7 Å². The summed E-state index contributed by atoms with van der Waals surface area (Å²) in [6.07, 6.45) is 1.82. The molecule has 3 heteroatoms. The van der Waals surface area contributed by atoms with Crippen molar-refractivity contribution in [3.05, 3.63) is 48.5 Å². The van der Waals surface area contributed by atoms with Gasteiger partial charge in [-0.1, -0.05) is 30.9 Å². The first kappa shape index (κ1) is 11.7. The van der Waals surface area contributed by atoms with Crippen LogP contribution in [0.5, 0.6) is 17.2 Å². The van der Waals surface area contributed by atoms with Crippen molar-refractivity contribution >= 4 is 6.08 Å². The van der Waals surface area contributed by atoms with Crippen molar-refractivity contribution in [3.63, 3.8) is 0 Å². The molecule has 0 amide bonds. The molecule has 0 radical (unpaired) electrons. The molecule has 3 rings (SSSR count). The Morgan fingerprint density at radius 3 is 2.79 bits per heavy atom. The smallest absolute Gasteiger partial charge is 0.231 e. The Hall–Kier alpha value is -2.42. The minimum absolute atomic E-state index is 0.277. The SMILES string of the molecule is C=Cc1cccc(OC)c1-c1ccc2c(c1)OCO2. The lowest BCUT2D eigenvalue weighted by atomic mass is 9.98. The Kier molecular flexibility index (Phi) is 2.88. The second-order valence-electron chi connectivity index (χ2n) is 4.20. The average molecular weight is 254 g/mol. The van der Waals surface area contributed by atoms with Crippen molar-refractivity contribution < 1.29 is 14.2 Å². The molecule has 2 aromatic rings. The van der Waals surface area contributed by atoms with E-state index in [1.807, 2.05) is 42.5 Å². The zero-order valence-electron chi connectivity index (χ0n) is 10.7. The fraction of sp³-hybridized carbons (Fsp3) is 0.125. The van der Waals surface area contributed by atoms with Gasteiger partial charge in [0.2, 0.25) is 6.79 Å². The van der Waals surface area contributed by atoms with Crippen LogP contribution in [0.2, 0.25) is 0 Å². The van der Waals surface area contributed by atoms with Crippen LogP contribution >= 0.6 is 0 Å². The van der Waals surface area contributed by atoms with Gasteiger partial charge in [-0.25, -0.2) is 0 Å². The van der Waals surface area contributed by atoms with E-state index in [0.717, 1.165) is 33.9 Å². The van der Waals surface area contributed by atoms with Crippen LogP contribution in [0.15, 0.2) is 43.0 Å². The maximum Gasteiger partial charge on any atom is 0.231 e. The minimum atomic E-state index is 0.277. The summed E-state index contributed by atoms with van der Waals surface area (Å²) in [5.41, 5.74) is 3.06. The second kappa shape index (κ2) is 4.69. The van der Waals surface area contributed by atoms with E-state index in [2.05, 4.69) is 6.58 Å². The van der Waals surface area contributed by atoms with Crippen molar-refractivity contribution in [1.82, 2.24) is 0 Å². The first-order chi connectivity index (χ1) is 9.33. The quantitative estimate of drug-likeness (QED) is 0.835. The van der Waals surface area contributed by atoms with E-state index >= 15 is 0 Å². The standard InChI is InChI=1S/C16H14O3/c1-3-11-5-4-6-14(17-2)16(11)12-7-8-13-15(9-12)19-10-18-13/h3-9H,1,10H2,2H3. The lowest BCUT2D eigenvalue weighted by molar-refractivity contribution is 0.174. The summed E-state index contributed by atoms with van der Waals surface area (Å²) in [7, 11) is 1.67. The van der Waals surface area contributed by atoms with Crippen LogP contribution in [0.25, 0.3) is 17.2 Å². The fourth-order valence-corrected chi connectivity index (χ4v) is 2.25. The van der Waals surface area contributed by atoms with Gasteiger partial charge in [0.15, 0.2) is 11.5 Å². The minimum Gasteiger partial charge on any atom is -0.496 e. The molecule has 0 spiro atoms. The first-order valence-electron chi connectivity index (χ1n) is 6.03. The molecular weight excluding hydrogens is 240 g/mol. The van der Waals surface area contributed by atoms with Crippen LogP contribution in [0, 0.1) is 0 Å². The van der Waals surface area contributed by atoms with Crippen molar-refractivity contribution in [1.29, 1.82) is 0 Å². The monoisotopic (exact) mass is 254 g/mol. The van der Waals surface area contributed by atoms with Gasteiger partial charge in [0.1, 0.15) is 5.75 Å². The molecule has 0 aliphatic carbocycles. The van der Waals surface area contributed by atoms with Gasteiger partial charge in [-0.3, -0.25) is 0 Å². The Balaban J connectivity index is 2.18. The van der Waals surface area contributed by atoms with Crippen LogP contribution in [-0.4, -0.2) is 13.9 Å². The highest BCUT2D eigenvalue weighted by atomic mass is 16.7. The molecule has 0 aromatic heterocycles. The summed E-state index contributed by atoms with van der Waals surface area (Å²) in [4.78, 5) is 0. The highest BCUT2D eigenvalue weighted by Gasteiger charge is 2.16. The Bertz CT molecular complexity index is 632. The Morgan fingerprint density at radius 2 is 2.00 bits per heavy atom. The van der Waals surface area contributed by atoms with Crippen molar-refractivity contribution in [3.8, 4) is 28.4 Å². The van der Waals surface area contributed by atoms with Crippen molar-refractivity contribution in [2.45, 2.75) is 0 Å².